The van der Waals surface area contributed by atoms with Crippen LogP contribution < -0.4 is 10.6 Å². The number of aromatic nitrogens is 2. The van der Waals surface area contributed by atoms with Gasteiger partial charge in [-0.2, -0.15) is 5.10 Å². The number of guanidine groups is 1. The van der Waals surface area contributed by atoms with Crippen LogP contribution in [-0.4, -0.2) is 59.8 Å². The number of hydrogen-bond donors (Lipinski definition) is 2. The number of halogens is 1. The van der Waals surface area contributed by atoms with E-state index >= 15 is 0 Å². The lowest BCUT2D eigenvalue weighted by molar-refractivity contribution is -0.127. The molecule has 1 fully saturated rings. The molecule has 0 radical (unpaired) electrons. The van der Waals surface area contributed by atoms with Crippen molar-refractivity contribution in [3.05, 3.63) is 84.2 Å². The van der Waals surface area contributed by atoms with Crippen LogP contribution in [0.1, 0.15) is 17.5 Å². The van der Waals surface area contributed by atoms with E-state index in [1.54, 1.807) is 13.2 Å². The molecule has 2 heterocycles. The van der Waals surface area contributed by atoms with Crippen molar-refractivity contribution < 1.29 is 4.79 Å². The number of amides is 1. The Balaban J connectivity index is 0.00000324. The van der Waals surface area contributed by atoms with Crippen LogP contribution in [0, 0.1) is 5.92 Å². The number of carbonyl (C=O) groups excluding carboxylic acids is 1. The quantitative estimate of drug-likeness (QED) is 0.235. The maximum absolute atomic E-state index is 12.4. The monoisotopic (exact) mass is 572 g/mol. The fourth-order valence-corrected chi connectivity index (χ4v) is 4.14. The number of carbonyl (C=O) groups is 1. The first kappa shape index (κ1) is 25.7. The summed E-state index contributed by atoms with van der Waals surface area (Å²) in [5.74, 6) is 1.33. The van der Waals surface area contributed by atoms with Crippen LogP contribution in [0.4, 0.5) is 0 Å². The average molecular weight is 572 g/mol. The summed E-state index contributed by atoms with van der Waals surface area (Å²) in [6.07, 6.45) is 6.11. The zero-order valence-corrected chi connectivity index (χ0v) is 21.9. The number of benzene rings is 2. The lowest BCUT2D eigenvalue weighted by atomic mass is 10.1. The molecule has 0 spiro atoms. The lowest BCUT2D eigenvalue weighted by Gasteiger charge is -2.18. The van der Waals surface area contributed by atoms with Crippen LogP contribution in [0.5, 0.6) is 0 Å². The van der Waals surface area contributed by atoms with Gasteiger partial charge in [0.15, 0.2) is 5.96 Å². The Hall–Kier alpha value is -2.88. The van der Waals surface area contributed by atoms with Crippen molar-refractivity contribution in [1.29, 1.82) is 0 Å². The highest BCUT2D eigenvalue weighted by atomic mass is 127. The number of hydrogen-bond acceptors (Lipinski definition) is 3. The van der Waals surface area contributed by atoms with E-state index in [1.165, 1.54) is 11.1 Å². The van der Waals surface area contributed by atoms with Crippen LogP contribution in [0.25, 0.3) is 5.69 Å². The van der Waals surface area contributed by atoms with Crippen LogP contribution >= 0.6 is 24.0 Å². The van der Waals surface area contributed by atoms with Gasteiger partial charge in [-0.15, -0.1) is 24.0 Å². The molecule has 0 saturated carbocycles. The number of rotatable bonds is 9. The molecule has 2 N–H and O–H groups in total. The molecule has 180 valence electrons. The van der Waals surface area contributed by atoms with Crippen molar-refractivity contribution >= 4 is 35.8 Å². The first-order valence-electron chi connectivity index (χ1n) is 11.6. The number of likely N-dealkylation sites (tertiary alicyclic amines) is 1. The summed E-state index contributed by atoms with van der Waals surface area (Å²) in [4.78, 5) is 18.7. The Labute approximate surface area is 218 Å². The summed E-state index contributed by atoms with van der Waals surface area (Å²) in [6, 6.07) is 20.7. The summed E-state index contributed by atoms with van der Waals surface area (Å²) < 4.78 is 1.85. The standard InChI is InChI=1S/C26H32N6O.HI/c1-27-26(28-15-12-22-8-10-24(11-9-22)32-16-5-14-30-32)29-19-23-18-25(33)31(20-23)17-13-21-6-3-2-4-7-21;/h2-11,14,16,23H,12-13,15,17-20H2,1H3,(H2,27,28,29);1H. The van der Waals surface area contributed by atoms with E-state index in [1.807, 2.05) is 40.0 Å². The maximum atomic E-state index is 12.4. The third-order valence-electron chi connectivity index (χ3n) is 6.00. The second-order valence-corrected chi connectivity index (χ2v) is 8.39. The molecular weight excluding hydrogens is 539 g/mol. The molecule has 3 aromatic rings. The van der Waals surface area contributed by atoms with Gasteiger partial charge in [-0.25, -0.2) is 4.68 Å². The minimum Gasteiger partial charge on any atom is -0.356 e. The number of aliphatic imine (C=N–C) groups is 1. The van der Waals surface area contributed by atoms with Crippen molar-refractivity contribution in [1.82, 2.24) is 25.3 Å². The third-order valence-corrected chi connectivity index (χ3v) is 6.00. The molecule has 2 aromatic carbocycles. The SMILES string of the molecule is CN=C(NCCc1ccc(-n2cccn2)cc1)NCC1CC(=O)N(CCc2ccccc2)C1.I. The van der Waals surface area contributed by atoms with Crippen molar-refractivity contribution in [2.75, 3.05) is 33.2 Å². The summed E-state index contributed by atoms with van der Waals surface area (Å²) >= 11 is 0. The first-order valence-corrected chi connectivity index (χ1v) is 11.6. The van der Waals surface area contributed by atoms with Gasteiger partial charge in [0.2, 0.25) is 5.91 Å². The van der Waals surface area contributed by atoms with Crippen LogP contribution in [0.3, 0.4) is 0 Å². The summed E-state index contributed by atoms with van der Waals surface area (Å²) in [5.41, 5.74) is 3.58. The van der Waals surface area contributed by atoms with E-state index in [0.717, 1.165) is 50.7 Å². The van der Waals surface area contributed by atoms with Gasteiger partial charge < -0.3 is 15.5 Å². The second kappa shape index (κ2) is 13.1. The Morgan fingerprint density at radius 3 is 2.50 bits per heavy atom. The normalized spacial score (nSPS) is 15.8. The van der Waals surface area contributed by atoms with Gasteiger partial charge in [0.1, 0.15) is 0 Å². The molecule has 1 aliphatic rings. The van der Waals surface area contributed by atoms with Gasteiger partial charge >= 0.3 is 0 Å². The van der Waals surface area contributed by atoms with E-state index in [-0.39, 0.29) is 29.9 Å². The van der Waals surface area contributed by atoms with Crippen LogP contribution in [-0.2, 0) is 17.6 Å². The molecule has 1 unspecified atom stereocenters. The molecule has 1 saturated heterocycles. The lowest BCUT2D eigenvalue weighted by Crippen LogP contribution is -2.41. The van der Waals surface area contributed by atoms with Gasteiger partial charge in [-0.05, 0) is 42.2 Å². The van der Waals surface area contributed by atoms with Gasteiger partial charge in [0.05, 0.1) is 5.69 Å². The Morgan fingerprint density at radius 1 is 1.03 bits per heavy atom. The van der Waals surface area contributed by atoms with Crippen molar-refractivity contribution in [2.45, 2.75) is 19.3 Å². The van der Waals surface area contributed by atoms with Crippen LogP contribution in [0.2, 0.25) is 0 Å². The summed E-state index contributed by atoms with van der Waals surface area (Å²) in [6.45, 7) is 3.11. The summed E-state index contributed by atoms with van der Waals surface area (Å²) in [7, 11) is 1.78. The van der Waals surface area contributed by atoms with Gasteiger partial charge in [0, 0.05) is 58.0 Å². The molecule has 1 atom stereocenters. The van der Waals surface area contributed by atoms with E-state index in [9.17, 15) is 4.79 Å². The maximum Gasteiger partial charge on any atom is 0.223 e. The van der Waals surface area contributed by atoms with E-state index < -0.39 is 0 Å². The number of nitrogens with zero attached hydrogens (tertiary/aromatic N) is 4. The largest absolute Gasteiger partial charge is 0.356 e. The number of nitrogens with one attached hydrogen (secondary N) is 2. The molecule has 8 heteroatoms. The smallest absolute Gasteiger partial charge is 0.223 e. The Morgan fingerprint density at radius 2 is 1.79 bits per heavy atom. The molecule has 4 rings (SSSR count). The predicted molar refractivity (Wildman–Crippen MR) is 147 cm³/mol. The van der Waals surface area contributed by atoms with Crippen molar-refractivity contribution in [3.8, 4) is 5.69 Å². The van der Waals surface area contributed by atoms with Crippen molar-refractivity contribution in [3.63, 3.8) is 0 Å². The fourth-order valence-electron chi connectivity index (χ4n) is 4.14. The third kappa shape index (κ3) is 7.31. The van der Waals surface area contributed by atoms with Gasteiger partial charge in [-0.3, -0.25) is 9.79 Å². The van der Waals surface area contributed by atoms with Gasteiger partial charge in [-0.1, -0.05) is 42.5 Å². The molecule has 7 nitrogen and oxygen atoms in total. The molecule has 1 aromatic heterocycles. The predicted octanol–water partition coefficient (Wildman–Crippen LogP) is 3.29. The zero-order chi connectivity index (χ0) is 22.9. The highest BCUT2D eigenvalue weighted by Gasteiger charge is 2.29. The van der Waals surface area contributed by atoms with E-state index in [0.29, 0.717) is 12.3 Å². The van der Waals surface area contributed by atoms with Crippen LogP contribution in [0.15, 0.2) is 78.0 Å². The fraction of sp³-hybridized carbons (Fsp3) is 0.346. The van der Waals surface area contributed by atoms with Gasteiger partial charge in [0.25, 0.3) is 0 Å². The highest BCUT2D eigenvalue weighted by molar-refractivity contribution is 14.0. The van der Waals surface area contributed by atoms with E-state index in [2.05, 4.69) is 57.1 Å². The summed E-state index contributed by atoms with van der Waals surface area (Å²) in [5, 5.41) is 11.0. The molecule has 1 amide bonds. The minimum absolute atomic E-state index is 0. The zero-order valence-electron chi connectivity index (χ0n) is 19.6. The molecule has 34 heavy (non-hydrogen) atoms. The highest BCUT2D eigenvalue weighted by Crippen LogP contribution is 2.17. The Kier molecular flexibility index (Phi) is 9.93. The topological polar surface area (TPSA) is 74.5 Å². The van der Waals surface area contributed by atoms with E-state index in [4.69, 9.17) is 0 Å². The Bertz CT molecular complexity index is 1040. The molecule has 0 aliphatic carbocycles. The molecule has 1 aliphatic heterocycles. The minimum atomic E-state index is 0. The average Bonchev–Trinajstić information content (AvgIpc) is 3.51. The molecular formula is C26H33IN6O. The second-order valence-electron chi connectivity index (χ2n) is 8.39. The molecule has 0 bridgehead atoms. The van der Waals surface area contributed by atoms with Crippen molar-refractivity contribution in [2.24, 2.45) is 10.9 Å². The first-order chi connectivity index (χ1) is 16.2.